The topological polar surface area (TPSA) is 78.9 Å². The molecule has 0 aromatic heterocycles. The van der Waals surface area contributed by atoms with Gasteiger partial charge < -0.3 is 20.1 Å². The summed E-state index contributed by atoms with van der Waals surface area (Å²) in [6.45, 7) is 1.28. The zero-order valence-electron chi connectivity index (χ0n) is 13.2. The standard InChI is InChI=1S/C15H28N2O4/c1-17(14(20)16-10-6-7-11-21-2)15(12-13(18)19)8-4-3-5-9-15/h3-12H2,1-2H3,(H,16,20)(H,18,19). The number of nitrogens with zero attached hydrogens (tertiary/aromatic N) is 1. The van der Waals surface area contributed by atoms with Crippen LogP contribution in [0.2, 0.25) is 0 Å². The van der Waals surface area contributed by atoms with Gasteiger partial charge in [-0.3, -0.25) is 4.79 Å². The van der Waals surface area contributed by atoms with E-state index in [9.17, 15) is 9.59 Å². The van der Waals surface area contributed by atoms with E-state index in [1.165, 1.54) is 0 Å². The fourth-order valence-corrected chi connectivity index (χ4v) is 3.02. The highest BCUT2D eigenvalue weighted by Crippen LogP contribution is 2.35. The number of unbranched alkanes of at least 4 members (excludes halogenated alkanes) is 1. The van der Waals surface area contributed by atoms with Crippen LogP contribution in [0.3, 0.4) is 0 Å². The molecule has 0 aromatic carbocycles. The number of carboxylic acid groups (broad SMARTS) is 1. The Balaban J connectivity index is 2.52. The Kier molecular flexibility index (Phi) is 7.50. The van der Waals surface area contributed by atoms with Crippen molar-refractivity contribution >= 4 is 12.0 Å². The summed E-state index contributed by atoms with van der Waals surface area (Å²) in [5.74, 6) is -0.836. The van der Waals surface area contributed by atoms with Gasteiger partial charge in [-0.25, -0.2) is 4.79 Å². The fraction of sp³-hybridized carbons (Fsp3) is 0.867. The largest absolute Gasteiger partial charge is 0.481 e. The zero-order valence-corrected chi connectivity index (χ0v) is 13.2. The number of nitrogens with one attached hydrogen (secondary N) is 1. The molecule has 0 aromatic rings. The van der Waals surface area contributed by atoms with Crippen molar-refractivity contribution in [2.24, 2.45) is 0 Å². The molecule has 0 spiro atoms. The Morgan fingerprint density at radius 2 is 1.90 bits per heavy atom. The van der Waals surface area contributed by atoms with Gasteiger partial charge in [0, 0.05) is 27.3 Å². The van der Waals surface area contributed by atoms with Crippen LogP contribution in [0, 0.1) is 0 Å². The molecule has 0 aliphatic heterocycles. The molecule has 1 rings (SSSR count). The molecule has 0 heterocycles. The quantitative estimate of drug-likeness (QED) is 0.674. The highest BCUT2D eigenvalue weighted by atomic mass is 16.5. The summed E-state index contributed by atoms with van der Waals surface area (Å²) >= 11 is 0. The first-order chi connectivity index (χ1) is 10.0. The van der Waals surface area contributed by atoms with Gasteiger partial charge in [0.2, 0.25) is 0 Å². The summed E-state index contributed by atoms with van der Waals surface area (Å²) in [4.78, 5) is 25.0. The van der Waals surface area contributed by atoms with Crippen molar-refractivity contribution in [3.05, 3.63) is 0 Å². The zero-order chi connectivity index (χ0) is 15.7. The van der Waals surface area contributed by atoms with Crippen molar-refractivity contribution in [1.82, 2.24) is 10.2 Å². The molecular formula is C15H28N2O4. The number of urea groups is 1. The molecule has 1 aliphatic carbocycles. The summed E-state index contributed by atoms with van der Waals surface area (Å²) in [6, 6.07) is -0.171. The van der Waals surface area contributed by atoms with Gasteiger partial charge in [0.05, 0.1) is 12.0 Å². The highest BCUT2D eigenvalue weighted by Gasteiger charge is 2.40. The van der Waals surface area contributed by atoms with Gasteiger partial charge in [-0.1, -0.05) is 19.3 Å². The third-order valence-corrected chi connectivity index (χ3v) is 4.33. The van der Waals surface area contributed by atoms with Crippen LogP contribution in [-0.2, 0) is 9.53 Å². The van der Waals surface area contributed by atoms with Gasteiger partial charge >= 0.3 is 12.0 Å². The summed E-state index contributed by atoms with van der Waals surface area (Å²) in [5.41, 5.74) is -0.527. The third-order valence-electron chi connectivity index (χ3n) is 4.33. The van der Waals surface area contributed by atoms with Crippen molar-refractivity contribution in [3.63, 3.8) is 0 Å². The first-order valence-corrected chi connectivity index (χ1v) is 7.74. The molecule has 0 bridgehead atoms. The van der Waals surface area contributed by atoms with Crippen molar-refractivity contribution in [2.75, 3.05) is 27.3 Å². The van der Waals surface area contributed by atoms with E-state index < -0.39 is 11.5 Å². The lowest BCUT2D eigenvalue weighted by Crippen LogP contribution is -2.55. The van der Waals surface area contributed by atoms with Crippen LogP contribution in [-0.4, -0.2) is 54.9 Å². The van der Waals surface area contributed by atoms with E-state index in [1.54, 1.807) is 19.1 Å². The first-order valence-electron chi connectivity index (χ1n) is 7.74. The summed E-state index contributed by atoms with van der Waals surface area (Å²) in [6.07, 6.45) is 6.42. The van der Waals surface area contributed by atoms with Crippen molar-refractivity contribution < 1.29 is 19.4 Å². The number of rotatable bonds is 8. The minimum absolute atomic E-state index is 0.0284. The third kappa shape index (κ3) is 5.53. The van der Waals surface area contributed by atoms with Gasteiger partial charge in [-0.05, 0) is 25.7 Å². The molecule has 0 radical (unpaired) electrons. The molecule has 122 valence electrons. The molecule has 0 unspecified atom stereocenters. The van der Waals surface area contributed by atoms with E-state index in [1.807, 2.05) is 0 Å². The second-order valence-electron chi connectivity index (χ2n) is 5.85. The Bertz CT molecular complexity index is 341. The van der Waals surface area contributed by atoms with E-state index >= 15 is 0 Å². The molecule has 2 N–H and O–H groups in total. The molecule has 0 atom stereocenters. The lowest BCUT2D eigenvalue weighted by Gasteiger charge is -2.43. The molecule has 6 nitrogen and oxygen atoms in total. The number of hydrogen-bond acceptors (Lipinski definition) is 3. The van der Waals surface area contributed by atoms with E-state index in [0.29, 0.717) is 13.2 Å². The summed E-state index contributed by atoms with van der Waals surface area (Å²) < 4.78 is 4.96. The van der Waals surface area contributed by atoms with E-state index in [-0.39, 0.29) is 12.5 Å². The minimum atomic E-state index is -0.836. The molecule has 6 heteroatoms. The van der Waals surface area contributed by atoms with E-state index in [2.05, 4.69) is 5.32 Å². The first kappa shape index (κ1) is 17.8. The summed E-state index contributed by atoms with van der Waals surface area (Å²) in [5, 5.41) is 12.0. The SMILES string of the molecule is COCCCCNC(=O)N(C)C1(CC(=O)O)CCCCC1. The average Bonchev–Trinajstić information content (AvgIpc) is 2.46. The average molecular weight is 300 g/mol. The number of carbonyl (C=O) groups excluding carboxylic acids is 1. The Morgan fingerprint density at radius 3 is 2.48 bits per heavy atom. The molecular weight excluding hydrogens is 272 g/mol. The van der Waals surface area contributed by atoms with Crippen LogP contribution in [0.1, 0.15) is 51.4 Å². The van der Waals surface area contributed by atoms with Crippen LogP contribution >= 0.6 is 0 Å². The molecule has 21 heavy (non-hydrogen) atoms. The Labute approximate surface area is 126 Å². The number of aliphatic carboxylic acids is 1. The van der Waals surface area contributed by atoms with Gasteiger partial charge in [-0.2, -0.15) is 0 Å². The monoisotopic (exact) mass is 300 g/mol. The number of methoxy groups -OCH3 is 1. The van der Waals surface area contributed by atoms with Gasteiger partial charge in [0.1, 0.15) is 0 Å². The highest BCUT2D eigenvalue weighted by molar-refractivity contribution is 5.76. The van der Waals surface area contributed by atoms with Gasteiger partial charge in [0.25, 0.3) is 0 Å². The number of carboxylic acids is 1. The van der Waals surface area contributed by atoms with Crippen LogP contribution < -0.4 is 5.32 Å². The lowest BCUT2D eigenvalue weighted by atomic mass is 9.78. The maximum atomic E-state index is 12.3. The molecule has 2 amide bonds. The van der Waals surface area contributed by atoms with Crippen molar-refractivity contribution in [1.29, 1.82) is 0 Å². The van der Waals surface area contributed by atoms with E-state index in [4.69, 9.17) is 9.84 Å². The molecule has 0 saturated heterocycles. The second-order valence-corrected chi connectivity index (χ2v) is 5.85. The van der Waals surface area contributed by atoms with Crippen molar-refractivity contribution in [2.45, 2.75) is 56.9 Å². The van der Waals surface area contributed by atoms with Crippen molar-refractivity contribution in [3.8, 4) is 0 Å². The maximum absolute atomic E-state index is 12.3. The second kappa shape index (κ2) is 8.87. The molecule has 1 fully saturated rings. The van der Waals surface area contributed by atoms with Crippen LogP contribution in [0.4, 0.5) is 4.79 Å². The Morgan fingerprint density at radius 1 is 1.24 bits per heavy atom. The number of hydrogen-bond donors (Lipinski definition) is 2. The predicted molar refractivity (Wildman–Crippen MR) is 80.3 cm³/mol. The van der Waals surface area contributed by atoms with Gasteiger partial charge in [-0.15, -0.1) is 0 Å². The predicted octanol–water partition coefficient (Wildman–Crippen LogP) is 2.23. The Hall–Kier alpha value is -1.30. The normalized spacial score (nSPS) is 17.2. The van der Waals surface area contributed by atoms with Crippen LogP contribution in [0.5, 0.6) is 0 Å². The lowest BCUT2D eigenvalue weighted by molar-refractivity contribution is -0.140. The number of ether oxygens (including phenoxy) is 1. The minimum Gasteiger partial charge on any atom is -0.481 e. The van der Waals surface area contributed by atoms with Gasteiger partial charge in [0.15, 0.2) is 0 Å². The fourth-order valence-electron chi connectivity index (χ4n) is 3.02. The smallest absolute Gasteiger partial charge is 0.317 e. The van der Waals surface area contributed by atoms with Crippen LogP contribution in [0.25, 0.3) is 0 Å². The summed E-state index contributed by atoms with van der Waals surface area (Å²) in [7, 11) is 3.38. The van der Waals surface area contributed by atoms with Crippen LogP contribution in [0.15, 0.2) is 0 Å². The number of amides is 2. The molecule has 1 saturated carbocycles. The van der Waals surface area contributed by atoms with E-state index in [0.717, 1.165) is 44.9 Å². The maximum Gasteiger partial charge on any atom is 0.317 e. The number of carbonyl (C=O) groups is 2. The molecule has 1 aliphatic rings.